The van der Waals surface area contributed by atoms with Crippen molar-refractivity contribution in [2.45, 2.75) is 5.37 Å². The zero-order chi connectivity index (χ0) is 21.4. The van der Waals surface area contributed by atoms with Gasteiger partial charge in [0, 0.05) is 27.7 Å². The molecule has 30 heavy (non-hydrogen) atoms. The van der Waals surface area contributed by atoms with E-state index < -0.39 is 5.63 Å². The van der Waals surface area contributed by atoms with Crippen molar-refractivity contribution in [1.82, 2.24) is 4.90 Å². The molecule has 6 nitrogen and oxygen atoms in total. The topological polar surface area (TPSA) is 69.0 Å². The highest BCUT2D eigenvalue weighted by molar-refractivity contribution is 9.11. The Bertz CT molecular complexity index is 1200. The van der Waals surface area contributed by atoms with E-state index in [9.17, 15) is 9.59 Å². The summed E-state index contributed by atoms with van der Waals surface area (Å²) in [7, 11) is 3.18. The number of nitrogens with zero attached hydrogens (tertiary/aromatic N) is 1. The molecule has 2 heterocycles. The predicted octanol–water partition coefficient (Wildman–Crippen LogP) is 5.22. The van der Waals surface area contributed by atoms with Gasteiger partial charge in [0.1, 0.15) is 22.4 Å². The quantitative estimate of drug-likeness (QED) is 0.412. The molecule has 0 spiro atoms. The Kier molecular flexibility index (Phi) is 6.13. The number of halogens is 2. The van der Waals surface area contributed by atoms with Gasteiger partial charge in [-0.1, -0.05) is 15.9 Å². The van der Waals surface area contributed by atoms with Crippen LogP contribution in [0.2, 0.25) is 0 Å². The smallest absolute Gasteiger partial charge is 0.349 e. The summed E-state index contributed by atoms with van der Waals surface area (Å²) in [4.78, 5) is 27.7. The van der Waals surface area contributed by atoms with Gasteiger partial charge >= 0.3 is 5.63 Å². The maximum absolute atomic E-state index is 13.4. The minimum Gasteiger partial charge on any atom is -0.497 e. The summed E-state index contributed by atoms with van der Waals surface area (Å²) < 4.78 is 17.8. The van der Waals surface area contributed by atoms with E-state index in [-0.39, 0.29) is 16.8 Å². The second-order valence-corrected chi connectivity index (χ2v) is 9.54. The molecular weight excluding hydrogens is 538 g/mol. The molecular formula is C21H17Br2NO5S. The van der Waals surface area contributed by atoms with Gasteiger partial charge in [-0.25, -0.2) is 4.79 Å². The van der Waals surface area contributed by atoms with E-state index in [1.807, 2.05) is 18.2 Å². The third-order valence-corrected chi connectivity index (χ3v) is 7.13. The van der Waals surface area contributed by atoms with Gasteiger partial charge in [0.25, 0.3) is 5.91 Å². The van der Waals surface area contributed by atoms with Crippen LogP contribution in [0, 0.1) is 0 Å². The van der Waals surface area contributed by atoms with Crippen LogP contribution in [0.25, 0.3) is 11.0 Å². The standard InChI is InChI=1S/C21H17Br2NO5S/c1-27-13-3-4-17(28-2)14(10-13)20-24(5-6-30-20)19(25)15-8-11-7-12(22)9-16(23)18(11)29-21(15)26/h3-4,7-10,20H,5-6H2,1-2H3/t20-/m1/s1. The van der Waals surface area contributed by atoms with Crippen LogP contribution in [0.15, 0.2) is 54.6 Å². The number of rotatable bonds is 4. The number of benzene rings is 2. The zero-order valence-electron chi connectivity index (χ0n) is 16.1. The molecule has 0 radical (unpaired) electrons. The van der Waals surface area contributed by atoms with Crippen molar-refractivity contribution < 1.29 is 18.7 Å². The normalized spacial score (nSPS) is 16.1. The minimum atomic E-state index is -0.663. The molecule has 1 aliphatic rings. The Morgan fingerprint density at radius 2 is 1.97 bits per heavy atom. The lowest BCUT2D eigenvalue weighted by Gasteiger charge is -2.25. The molecule has 0 N–H and O–H groups in total. The lowest BCUT2D eigenvalue weighted by atomic mass is 10.1. The summed E-state index contributed by atoms with van der Waals surface area (Å²) in [5.41, 5.74) is 0.565. The molecule has 1 amide bonds. The van der Waals surface area contributed by atoms with Crippen LogP contribution in [0.1, 0.15) is 21.3 Å². The summed E-state index contributed by atoms with van der Waals surface area (Å²) in [5, 5.41) is 0.355. The molecule has 1 saturated heterocycles. The van der Waals surface area contributed by atoms with Crippen LogP contribution in [-0.4, -0.2) is 37.3 Å². The van der Waals surface area contributed by atoms with Crippen LogP contribution in [-0.2, 0) is 0 Å². The highest BCUT2D eigenvalue weighted by Gasteiger charge is 2.35. The third-order valence-electron chi connectivity index (χ3n) is 4.84. The number of methoxy groups -OCH3 is 2. The van der Waals surface area contributed by atoms with Crippen LogP contribution in [0.4, 0.5) is 0 Å². The molecule has 3 aromatic rings. The Morgan fingerprint density at radius 3 is 2.70 bits per heavy atom. The summed E-state index contributed by atoms with van der Waals surface area (Å²) in [6.45, 7) is 0.508. The number of amides is 1. The summed E-state index contributed by atoms with van der Waals surface area (Å²) in [6.07, 6.45) is 0. The number of ether oxygens (including phenoxy) is 2. The largest absolute Gasteiger partial charge is 0.497 e. The Morgan fingerprint density at radius 1 is 1.17 bits per heavy atom. The van der Waals surface area contributed by atoms with E-state index >= 15 is 0 Å². The molecule has 4 rings (SSSR count). The molecule has 2 aromatic carbocycles. The van der Waals surface area contributed by atoms with Crippen LogP contribution in [0.5, 0.6) is 11.5 Å². The van der Waals surface area contributed by atoms with Crippen molar-refractivity contribution in [3.05, 3.63) is 66.9 Å². The van der Waals surface area contributed by atoms with E-state index in [2.05, 4.69) is 31.9 Å². The highest BCUT2D eigenvalue weighted by atomic mass is 79.9. The van der Waals surface area contributed by atoms with Crippen molar-refractivity contribution in [2.75, 3.05) is 26.5 Å². The van der Waals surface area contributed by atoms with Gasteiger partial charge in [-0.05, 0) is 52.3 Å². The molecule has 1 aliphatic heterocycles. The van der Waals surface area contributed by atoms with Crippen molar-refractivity contribution in [2.24, 2.45) is 0 Å². The predicted molar refractivity (Wildman–Crippen MR) is 124 cm³/mol. The maximum atomic E-state index is 13.4. The molecule has 9 heteroatoms. The lowest BCUT2D eigenvalue weighted by molar-refractivity contribution is 0.0755. The van der Waals surface area contributed by atoms with E-state index in [0.717, 1.165) is 15.8 Å². The molecule has 0 unspecified atom stereocenters. The van der Waals surface area contributed by atoms with Gasteiger partial charge in [0.2, 0.25) is 0 Å². The van der Waals surface area contributed by atoms with Crippen molar-refractivity contribution in [3.63, 3.8) is 0 Å². The van der Waals surface area contributed by atoms with Crippen molar-refractivity contribution in [3.8, 4) is 11.5 Å². The van der Waals surface area contributed by atoms with Gasteiger partial charge in [-0.3, -0.25) is 4.79 Å². The fourth-order valence-corrected chi connectivity index (χ4v) is 6.04. The Labute approximate surface area is 193 Å². The summed E-state index contributed by atoms with van der Waals surface area (Å²) in [6, 6.07) is 10.7. The summed E-state index contributed by atoms with van der Waals surface area (Å²) in [5.74, 6) is 1.70. The van der Waals surface area contributed by atoms with Gasteiger partial charge < -0.3 is 18.8 Å². The van der Waals surface area contributed by atoms with Crippen LogP contribution < -0.4 is 15.1 Å². The zero-order valence-corrected chi connectivity index (χ0v) is 20.1. The maximum Gasteiger partial charge on any atom is 0.349 e. The van der Waals surface area contributed by atoms with Gasteiger partial charge in [-0.15, -0.1) is 11.8 Å². The molecule has 0 saturated carbocycles. The number of thioether (sulfide) groups is 1. The van der Waals surface area contributed by atoms with Crippen LogP contribution in [0.3, 0.4) is 0 Å². The van der Waals surface area contributed by atoms with E-state index in [4.69, 9.17) is 13.9 Å². The van der Waals surface area contributed by atoms with E-state index in [0.29, 0.717) is 33.5 Å². The van der Waals surface area contributed by atoms with Gasteiger partial charge in [0.15, 0.2) is 5.58 Å². The Balaban J connectivity index is 1.76. The average molecular weight is 555 g/mol. The minimum absolute atomic E-state index is 0.00172. The first-order chi connectivity index (χ1) is 14.4. The summed E-state index contributed by atoms with van der Waals surface area (Å²) >= 11 is 8.43. The molecule has 0 bridgehead atoms. The second-order valence-electron chi connectivity index (χ2n) is 6.58. The molecule has 156 valence electrons. The number of fused-ring (bicyclic) bond motifs is 1. The number of hydrogen-bond donors (Lipinski definition) is 0. The number of carbonyl (C=O) groups is 1. The van der Waals surface area contributed by atoms with Gasteiger partial charge in [-0.2, -0.15) is 0 Å². The monoisotopic (exact) mass is 553 g/mol. The fraction of sp³-hybridized carbons (Fsp3) is 0.238. The number of hydrogen-bond acceptors (Lipinski definition) is 6. The first-order valence-corrected chi connectivity index (χ1v) is 11.6. The van der Waals surface area contributed by atoms with E-state index in [1.165, 1.54) is 0 Å². The average Bonchev–Trinajstić information content (AvgIpc) is 3.22. The molecule has 1 fully saturated rings. The third kappa shape index (κ3) is 3.86. The number of carbonyl (C=O) groups excluding carboxylic acids is 1. The second kappa shape index (κ2) is 8.64. The SMILES string of the molecule is COc1ccc(OC)c([C@H]2SCCN2C(=O)c2cc3cc(Br)cc(Br)c3oc2=O)c1. The first kappa shape index (κ1) is 21.3. The van der Waals surface area contributed by atoms with Crippen molar-refractivity contribution in [1.29, 1.82) is 0 Å². The molecule has 0 aliphatic carbocycles. The van der Waals surface area contributed by atoms with Gasteiger partial charge in [0.05, 0.1) is 18.7 Å². The Hall–Kier alpha value is -1.97. The highest BCUT2D eigenvalue weighted by Crippen LogP contribution is 2.43. The lowest BCUT2D eigenvalue weighted by Crippen LogP contribution is -2.33. The van der Waals surface area contributed by atoms with Crippen LogP contribution >= 0.6 is 43.6 Å². The first-order valence-electron chi connectivity index (χ1n) is 9.00. The van der Waals surface area contributed by atoms with Crippen molar-refractivity contribution >= 4 is 60.5 Å². The molecule has 1 atom stereocenters. The molecule has 1 aromatic heterocycles. The van der Waals surface area contributed by atoms with E-state index in [1.54, 1.807) is 49.1 Å². The fourth-order valence-electron chi connectivity index (χ4n) is 3.43.